The molecule has 37 heavy (non-hydrogen) atoms. The molecule has 0 radical (unpaired) electrons. The largest absolute Gasteiger partial charge is 0.457 e. The van der Waals surface area contributed by atoms with Crippen molar-refractivity contribution < 1.29 is 13.6 Å². The van der Waals surface area contributed by atoms with E-state index < -0.39 is 5.91 Å². The van der Waals surface area contributed by atoms with Gasteiger partial charge in [-0.05, 0) is 85.0 Å². The number of carbonyl (C=O) groups is 1. The molecule has 5 rings (SSSR count). The molecule has 184 valence electrons. The van der Waals surface area contributed by atoms with Crippen molar-refractivity contribution in [3.8, 4) is 22.8 Å². The van der Waals surface area contributed by atoms with E-state index in [1.165, 1.54) is 12.2 Å². The third-order valence-corrected chi connectivity index (χ3v) is 6.49. The predicted octanol–water partition coefficient (Wildman–Crippen LogP) is 8.24. The van der Waals surface area contributed by atoms with Gasteiger partial charge in [0.2, 0.25) is 11.8 Å². The van der Waals surface area contributed by atoms with Crippen LogP contribution in [0.15, 0.2) is 87.7 Å². The third-order valence-electron chi connectivity index (χ3n) is 5.22. The molecule has 2 heterocycles. The summed E-state index contributed by atoms with van der Waals surface area (Å²) < 4.78 is 11.6. The van der Waals surface area contributed by atoms with Crippen LogP contribution in [0.25, 0.3) is 40.0 Å². The van der Waals surface area contributed by atoms with Gasteiger partial charge < -0.3 is 14.2 Å². The minimum absolute atomic E-state index is 0.126. The van der Waals surface area contributed by atoms with Crippen molar-refractivity contribution in [3.05, 3.63) is 99.7 Å². The van der Waals surface area contributed by atoms with Crippen LogP contribution >= 0.6 is 47.0 Å². The fourth-order valence-corrected chi connectivity index (χ4v) is 4.21. The molecule has 2 aromatic heterocycles. The molecule has 0 atom stereocenters. The second-order valence-electron chi connectivity index (χ2n) is 7.79. The highest BCUT2D eigenvalue weighted by atomic mass is 35.5. The van der Waals surface area contributed by atoms with Crippen molar-refractivity contribution in [2.75, 3.05) is 5.32 Å². The highest BCUT2D eigenvalue weighted by molar-refractivity contribution is 7.80. The van der Waals surface area contributed by atoms with Gasteiger partial charge in [-0.25, -0.2) is 4.98 Å². The van der Waals surface area contributed by atoms with Crippen molar-refractivity contribution in [2.45, 2.75) is 0 Å². The first-order valence-corrected chi connectivity index (χ1v) is 12.4. The van der Waals surface area contributed by atoms with Crippen molar-refractivity contribution in [3.63, 3.8) is 0 Å². The summed E-state index contributed by atoms with van der Waals surface area (Å²) in [5, 5.41) is 7.15. The molecule has 5 aromatic rings. The molecule has 6 nitrogen and oxygen atoms in total. The number of nitrogens with zero attached hydrogens (tertiary/aromatic N) is 1. The van der Waals surface area contributed by atoms with E-state index in [9.17, 15) is 4.79 Å². The number of benzene rings is 3. The number of oxazole rings is 1. The fraction of sp³-hybridized carbons (Fsp3) is 0. The van der Waals surface area contributed by atoms with E-state index in [4.69, 9.17) is 55.9 Å². The van der Waals surface area contributed by atoms with Crippen molar-refractivity contribution in [1.82, 2.24) is 10.3 Å². The lowest BCUT2D eigenvalue weighted by Crippen LogP contribution is -2.32. The van der Waals surface area contributed by atoms with Crippen LogP contribution in [0.3, 0.4) is 0 Å². The van der Waals surface area contributed by atoms with Gasteiger partial charge in [0.25, 0.3) is 0 Å². The highest BCUT2D eigenvalue weighted by Crippen LogP contribution is 2.34. The minimum atomic E-state index is -0.427. The molecule has 10 heteroatoms. The predicted molar refractivity (Wildman–Crippen MR) is 152 cm³/mol. The molecule has 0 saturated heterocycles. The monoisotopic (exact) mass is 567 g/mol. The molecule has 0 saturated carbocycles. The van der Waals surface area contributed by atoms with Gasteiger partial charge >= 0.3 is 0 Å². The Labute approximate surface area is 231 Å². The molecule has 0 unspecified atom stereocenters. The Balaban J connectivity index is 1.21. The number of anilines is 1. The average molecular weight is 569 g/mol. The molecular formula is C27H16Cl3N3O3S. The van der Waals surface area contributed by atoms with Crippen LogP contribution in [0.5, 0.6) is 0 Å². The Morgan fingerprint density at radius 2 is 1.76 bits per heavy atom. The lowest BCUT2D eigenvalue weighted by Gasteiger charge is -2.07. The molecule has 0 bridgehead atoms. The van der Waals surface area contributed by atoms with Crippen LogP contribution in [0.4, 0.5) is 5.69 Å². The zero-order valence-electron chi connectivity index (χ0n) is 18.8. The highest BCUT2D eigenvalue weighted by Gasteiger charge is 2.12. The zero-order chi connectivity index (χ0) is 25.9. The smallest absolute Gasteiger partial charge is 0.250 e. The molecule has 0 aliphatic carbocycles. The summed E-state index contributed by atoms with van der Waals surface area (Å²) in [5.41, 5.74) is 3.37. The van der Waals surface area contributed by atoms with Crippen LogP contribution in [0, 0.1) is 0 Å². The van der Waals surface area contributed by atoms with Crippen LogP contribution in [0.1, 0.15) is 5.76 Å². The molecular weight excluding hydrogens is 553 g/mol. The summed E-state index contributed by atoms with van der Waals surface area (Å²) in [6.07, 6.45) is 2.84. The first-order valence-electron chi connectivity index (χ1n) is 10.9. The first kappa shape index (κ1) is 25.0. The van der Waals surface area contributed by atoms with Gasteiger partial charge in [-0.15, -0.1) is 0 Å². The normalized spacial score (nSPS) is 11.2. The van der Waals surface area contributed by atoms with E-state index in [1.54, 1.807) is 60.7 Å². The van der Waals surface area contributed by atoms with Crippen LogP contribution in [-0.2, 0) is 4.79 Å². The van der Waals surface area contributed by atoms with Crippen LogP contribution < -0.4 is 10.6 Å². The van der Waals surface area contributed by atoms with Gasteiger partial charge in [0, 0.05) is 27.9 Å². The van der Waals surface area contributed by atoms with E-state index in [0.717, 1.165) is 5.56 Å². The summed E-state index contributed by atoms with van der Waals surface area (Å²) in [7, 11) is 0. The maximum absolute atomic E-state index is 12.3. The lowest BCUT2D eigenvalue weighted by atomic mass is 10.2. The number of rotatable bonds is 5. The summed E-state index contributed by atoms with van der Waals surface area (Å²) in [6.45, 7) is 0. The Morgan fingerprint density at radius 1 is 0.946 bits per heavy atom. The van der Waals surface area contributed by atoms with Crippen molar-refractivity contribution in [2.24, 2.45) is 0 Å². The van der Waals surface area contributed by atoms with Gasteiger partial charge in [-0.3, -0.25) is 10.1 Å². The number of hydrogen-bond acceptors (Lipinski definition) is 5. The topological polar surface area (TPSA) is 80.3 Å². The zero-order valence-corrected chi connectivity index (χ0v) is 21.9. The van der Waals surface area contributed by atoms with Gasteiger partial charge in [-0.2, -0.15) is 0 Å². The molecule has 0 fully saturated rings. The van der Waals surface area contributed by atoms with E-state index in [-0.39, 0.29) is 5.11 Å². The number of fused-ring (bicyclic) bond motifs is 1. The van der Waals surface area contributed by atoms with Gasteiger partial charge in [0.15, 0.2) is 10.7 Å². The van der Waals surface area contributed by atoms with Gasteiger partial charge in [-0.1, -0.05) is 40.9 Å². The molecule has 0 aliphatic rings. The van der Waals surface area contributed by atoms with Crippen LogP contribution in [0.2, 0.25) is 15.1 Å². The summed E-state index contributed by atoms with van der Waals surface area (Å²) >= 11 is 23.5. The summed E-state index contributed by atoms with van der Waals surface area (Å²) in [6, 6.07) is 21.3. The lowest BCUT2D eigenvalue weighted by molar-refractivity contribution is -0.115. The Kier molecular flexibility index (Phi) is 7.30. The SMILES string of the molecule is O=C(C=Cc1ccc(-c2cccc(Cl)c2Cl)o1)NC(=S)Nc1ccc2oc(-c3ccc(Cl)cc3)nc2c1. The molecule has 0 aliphatic heterocycles. The molecule has 1 amide bonds. The van der Waals surface area contributed by atoms with Crippen molar-refractivity contribution >= 4 is 80.9 Å². The standard InChI is InChI=1S/C27H16Cl3N3O3S/c28-16-6-4-15(5-7-16)26-32-21-14-17(8-11-23(21)36-26)31-27(37)33-24(34)13-10-18-9-12-22(35-18)19-2-1-3-20(29)25(19)30/h1-14H,(H2,31,33,34,37). The van der Waals surface area contributed by atoms with E-state index in [0.29, 0.717) is 54.8 Å². The van der Waals surface area contributed by atoms with Gasteiger partial charge in [0.05, 0.1) is 10.0 Å². The number of amides is 1. The third kappa shape index (κ3) is 5.87. The second kappa shape index (κ2) is 10.8. The molecule has 0 spiro atoms. The quantitative estimate of drug-likeness (QED) is 0.164. The number of hydrogen-bond donors (Lipinski definition) is 2. The van der Waals surface area contributed by atoms with Gasteiger partial charge in [0.1, 0.15) is 17.0 Å². The second-order valence-corrected chi connectivity index (χ2v) is 9.42. The van der Waals surface area contributed by atoms with E-state index >= 15 is 0 Å². The average Bonchev–Trinajstić information content (AvgIpc) is 3.52. The number of aromatic nitrogens is 1. The Morgan fingerprint density at radius 3 is 2.57 bits per heavy atom. The first-order chi connectivity index (χ1) is 17.9. The molecule has 3 aromatic carbocycles. The van der Waals surface area contributed by atoms with Crippen molar-refractivity contribution in [1.29, 1.82) is 0 Å². The number of carbonyl (C=O) groups excluding carboxylic acids is 1. The number of halogens is 3. The fourth-order valence-electron chi connectivity index (χ4n) is 3.48. The summed E-state index contributed by atoms with van der Waals surface area (Å²) in [4.78, 5) is 16.9. The number of thiocarbonyl (C=S) groups is 1. The molecule has 2 N–H and O–H groups in total. The van der Waals surface area contributed by atoms with Crippen LogP contribution in [-0.4, -0.2) is 16.0 Å². The maximum atomic E-state index is 12.3. The maximum Gasteiger partial charge on any atom is 0.250 e. The Bertz CT molecular complexity index is 1660. The Hall–Kier alpha value is -3.62. The number of nitrogens with one attached hydrogen (secondary N) is 2. The minimum Gasteiger partial charge on any atom is -0.457 e. The van der Waals surface area contributed by atoms with E-state index in [1.807, 2.05) is 12.1 Å². The number of furan rings is 1. The van der Waals surface area contributed by atoms with E-state index in [2.05, 4.69) is 15.6 Å². The summed E-state index contributed by atoms with van der Waals surface area (Å²) in [5.74, 6) is 1.05.